The second kappa shape index (κ2) is 7.72. The van der Waals surface area contributed by atoms with E-state index in [1.165, 1.54) is 0 Å². The molecule has 32 heavy (non-hydrogen) atoms. The van der Waals surface area contributed by atoms with Crippen LogP contribution in [0, 0.1) is 0 Å². The minimum Gasteiger partial charge on any atom is -0.494 e. The van der Waals surface area contributed by atoms with E-state index in [4.69, 9.17) is 14.5 Å². The maximum atomic E-state index is 13.2. The summed E-state index contributed by atoms with van der Waals surface area (Å²) in [6, 6.07) is 9.51. The number of aliphatic hydroxyl groups is 1. The first-order chi connectivity index (χ1) is 15.5. The summed E-state index contributed by atoms with van der Waals surface area (Å²) in [7, 11) is 1.91. The lowest BCUT2D eigenvalue weighted by atomic mass is 9.86. The molecule has 8 heteroatoms. The predicted octanol–water partition coefficient (Wildman–Crippen LogP) is 2.07. The van der Waals surface area contributed by atoms with Crippen molar-refractivity contribution >= 4 is 16.9 Å². The van der Waals surface area contributed by atoms with Gasteiger partial charge in [0.15, 0.2) is 5.60 Å². The van der Waals surface area contributed by atoms with Gasteiger partial charge in [-0.25, -0.2) is 9.78 Å². The summed E-state index contributed by atoms with van der Waals surface area (Å²) in [5.41, 5.74) is 1.58. The minimum atomic E-state index is -1.82. The van der Waals surface area contributed by atoms with Crippen molar-refractivity contribution in [1.29, 1.82) is 0 Å². The Labute approximate surface area is 184 Å². The van der Waals surface area contributed by atoms with E-state index in [0.717, 1.165) is 35.2 Å². The fourth-order valence-corrected chi connectivity index (χ4v) is 4.49. The van der Waals surface area contributed by atoms with Gasteiger partial charge in [0.1, 0.15) is 12.4 Å². The van der Waals surface area contributed by atoms with Gasteiger partial charge in [-0.05, 0) is 56.8 Å². The van der Waals surface area contributed by atoms with E-state index in [0.29, 0.717) is 35.7 Å². The summed E-state index contributed by atoms with van der Waals surface area (Å²) in [4.78, 5) is 30.3. The van der Waals surface area contributed by atoms with Crippen LogP contribution in [0.3, 0.4) is 0 Å². The summed E-state index contributed by atoms with van der Waals surface area (Å²) < 4.78 is 12.6. The molecule has 0 spiro atoms. The monoisotopic (exact) mass is 435 g/mol. The molecular formula is C24H25N3O5. The molecule has 5 rings (SSSR count). The number of esters is 1. The van der Waals surface area contributed by atoms with Crippen molar-refractivity contribution in [2.75, 3.05) is 20.2 Å². The normalized spacial score (nSPS) is 18.8. The Kier molecular flexibility index (Phi) is 4.98. The summed E-state index contributed by atoms with van der Waals surface area (Å²) in [6.45, 7) is 3.46. The number of ether oxygens (including phenoxy) is 2. The average Bonchev–Trinajstić information content (AvgIpc) is 3.16. The number of nitrogens with one attached hydrogen (secondary N) is 1. The molecule has 2 aliphatic heterocycles. The van der Waals surface area contributed by atoms with Crippen molar-refractivity contribution in [2.45, 2.75) is 38.5 Å². The summed E-state index contributed by atoms with van der Waals surface area (Å²) in [5, 5.41) is 15.0. The second-order valence-electron chi connectivity index (χ2n) is 8.26. The highest BCUT2D eigenvalue weighted by Crippen LogP contribution is 2.38. The highest BCUT2D eigenvalue weighted by atomic mass is 16.6. The number of benzene rings is 1. The Morgan fingerprint density at radius 3 is 2.91 bits per heavy atom. The van der Waals surface area contributed by atoms with Gasteiger partial charge < -0.3 is 24.5 Å². The molecule has 3 aromatic rings. The zero-order valence-electron chi connectivity index (χ0n) is 18.1. The van der Waals surface area contributed by atoms with Crippen LogP contribution in [0.15, 0.2) is 35.1 Å². The quantitative estimate of drug-likeness (QED) is 0.353. The smallest absolute Gasteiger partial charge is 0.343 e. The minimum absolute atomic E-state index is 0.122. The van der Waals surface area contributed by atoms with Crippen molar-refractivity contribution in [2.24, 2.45) is 0 Å². The highest BCUT2D eigenvalue weighted by molar-refractivity contribution is 5.87. The molecule has 0 bridgehead atoms. The molecule has 1 atom stereocenters. The molecule has 0 radical (unpaired) electrons. The molecule has 2 aromatic heterocycles. The molecule has 0 amide bonds. The second-order valence-corrected chi connectivity index (χ2v) is 8.26. The maximum absolute atomic E-state index is 13.2. The van der Waals surface area contributed by atoms with E-state index in [2.05, 4.69) is 5.32 Å². The van der Waals surface area contributed by atoms with Crippen LogP contribution >= 0.6 is 0 Å². The lowest BCUT2D eigenvalue weighted by molar-refractivity contribution is -0.172. The van der Waals surface area contributed by atoms with Gasteiger partial charge in [-0.15, -0.1) is 0 Å². The Hall–Kier alpha value is -3.23. The summed E-state index contributed by atoms with van der Waals surface area (Å²) in [5.74, 6) is 0.0611. The SMILES string of the molecule is CC[C@@]1(O)C(=O)OCc2c1cc1n(c2=O)Cc2cc3cc(OCCCNC)ccc3nc2-1. The van der Waals surface area contributed by atoms with Gasteiger partial charge in [0, 0.05) is 16.5 Å². The fourth-order valence-electron chi connectivity index (χ4n) is 4.49. The number of hydrogen-bond donors (Lipinski definition) is 2. The molecule has 4 heterocycles. The number of pyridine rings is 2. The number of aromatic nitrogens is 2. The third-order valence-corrected chi connectivity index (χ3v) is 6.32. The zero-order valence-corrected chi connectivity index (χ0v) is 18.1. The topological polar surface area (TPSA) is 103 Å². The first-order valence-corrected chi connectivity index (χ1v) is 10.8. The molecular weight excluding hydrogens is 410 g/mol. The lowest BCUT2D eigenvalue weighted by Gasteiger charge is -2.31. The van der Waals surface area contributed by atoms with Crippen molar-refractivity contribution in [1.82, 2.24) is 14.9 Å². The van der Waals surface area contributed by atoms with Gasteiger partial charge in [-0.1, -0.05) is 6.92 Å². The highest BCUT2D eigenvalue weighted by Gasteiger charge is 2.45. The van der Waals surface area contributed by atoms with Crippen LogP contribution < -0.4 is 15.6 Å². The van der Waals surface area contributed by atoms with Gasteiger partial charge in [0.2, 0.25) is 0 Å². The van der Waals surface area contributed by atoms with Crippen molar-refractivity contribution in [3.63, 3.8) is 0 Å². The van der Waals surface area contributed by atoms with Gasteiger partial charge in [-0.3, -0.25) is 4.79 Å². The number of carbonyl (C=O) groups excluding carboxylic acids is 1. The predicted molar refractivity (Wildman–Crippen MR) is 119 cm³/mol. The fraction of sp³-hybridized carbons (Fsp3) is 0.375. The van der Waals surface area contributed by atoms with Gasteiger partial charge in [-0.2, -0.15) is 0 Å². The van der Waals surface area contributed by atoms with E-state index in [9.17, 15) is 14.7 Å². The molecule has 0 saturated carbocycles. The van der Waals surface area contributed by atoms with Gasteiger partial charge >= 0.3 is 5.97 Å². The van der Waals surface area contributed by atoms with Gasteiger partial charge in [0.25, 0.3) is 5.56 Å². The molecule has 2 aliphatic rings. The Morgan fingerprint density at radius 2 is 2.12 bits per heavy atom. The molecule has 0 saturated heterocycles. The Balaban J connectivity index is 1.57. The molecule has 166 valence electrons. The van der Waals surface area contributed by atoms with Crippen LogP contribution in [-0.2, 0) is 28.3 Å². The molecule has 0 unspecified atom stereocenters. The van der Waals surface area contributed by atoms with E-state index in [-0.39, 0.29) is 18.6 Å². The largest absolute Gasteiger partial charge is 0.494 e. The van der Waals surface area contributed by atoms with E-state index >= 15 is 0 Å². The first-order valence-electron chi connectivity index (χ1n) is 10.8. The third kappa shape index (κ3) is 3.10. The van der Waals surface area contributed by atoms with E-state index in [1.807, 2.05) is 31.3 Å². The van der Waals surface area contributed by atoms with Crippen molar-refractivity contribution in [3.8, 4) is 17.1 Å². The zero-order chi connectivity index (χ0) is 22.5. The van der Waals surface area contributed by atoms with Crippen LogP contribution in [-0.4, -0.2) is 40.8 Å². The molecule has 8 nitrogen and oxygen atoms in total. The number of carbonyl (C=O) groups is 1. The number of rotatable bonds is 6. The third-order valence-electron chi connectivity index (χ3n) is 6.32. The van der Waals surface area contributed by atoms with Crippen LogP contribution in [0.25, 0.3) is 22.3 Å². The molecule has 0 aliphatic carbocycles. The lowest BCUT2D eigenvalue weighted by Crippen LogP contribution is -2.44. The molecule has 0 fully saturated rings. The number of fused-ring (bicyclic) bond motifs is 5. The molecule has 1 aromatic carbocycles. The van der Waals surface area contributed by atoms with Crippen LogP contribution in [0.1, 0.15) is 36.5 Å². The number of hydrogen-bond acceptors (Lipinski definition) is 7. The maximum Gasteiger partial charge on any atom is 0.343 e. The number of cyclic esters (lactones) is 1. The van der Waals surface area contributed by atoms with Crippen LogP contribution in [0.2, 0.25) is 0 Å². The van der Waals surface area contributed by atoms with Crippen molar-refractivity contribution < 1.29 is 19.4 Å². The van der Waals surface area contributed by atoms with Crippen LogP contribution in [0.5, 0.6) is 5.75 Å². The number of nitrogens with zero attached hydrogens (tertiary/aromatic N) is 2. The standard InChI is InChI=1S/C24H25N3O5/c1-3-24(30)18-11-20-21-15(12-27(20)22(28)17(18)13-32-23(24)29)9-14-10-16(5-6-19(14)26-21)31-8-4-7-25-2/h5-6,9-11,25,30H,3-4,7-8,12-13H2,1-2H3/t24-/m0/s1. The van der Waals surface area contributed by atoms with Crippen molar-refractivity contribution in [3.05, 3.63) is 57.4 Å². The van der Waals surface area contributed by atoms with E-state index in [1.54, 1.807) is 17.6 Å². The average molecular weight is 435 g/mol. The van der Waals surface area contributed by atoms with E-state index < -0.39 is 11.6 Å². The summed E-state index contributed by atoms with van der Waals surface area (Å²) >= 11 is 0. The van der Waals surface area contributed by atoms with Gasteiger partial charge in [0.05, 0.1) is 35.6 Å². The first kappa shape index (κ1) is 20.7. The molecule has 2 N–H and O–H groups in total. The van der Waals surface area contributed by atoms with Crippen LogP contribution in [0.4, 0.5) is 0 Å². The Bertz CT molecular complexity index is 1300. The Morgan fingerprint density at radius 1 is 1.28 bits per heavy atom. The summed E-state index contributed by atoms with van der Waals surface area (Å²) in [6.07, 6.45) is 1.03.